The zero-order valence-corrected chi connectivity index (χ0v) is 9.28. The molecule has 0 N–H and O–H groups in total. The third-order valence-electron chi connectivity index (χ3n) is 5.59. The van der Waals surface area contributed by atoms with E-state index < -0.39 is 0 Å². The molecular formula is C14H15NO. The average Bonchev–Trinajstić information content (AvgIpc) is 2.80. The molecule has 1 saturated heterocycles. The maximum Gasteiger partial charge on any atom is 0.0857 e. The van der Waals surface area contributed by atoms with Crippen molar-refractivity contribution >= 4 is 0 Å². The van der Waals surface area contributed by atoms with Crippen LogP contribution in [0.4, 0.5) is 0 Å². The van der Waals surface area contributed by atoms with Crippen molar-refractivity contribution < 1.29 is 4.74 Å². The van der Waals surface area contributed by atoms with Crippen molar-refractivity contribution in [3.05, 3.63) is 29.6 Å². The molecule has 2 heteroatoms. The predicted molar refractivity (Wildman–Crippen MR) is 59.1 cm³/mol. The van der Waals surface area contributed by atoms with E-state index in [2.05, 4.69) is 17.1 Å². The van der Waals surface area contributed by atoms with Crippen LogP contribution in [0.1, 0.15) is 55.4 Å². The van der Waals surface area contributed by atoms with Crippen LogP contribution in [0.2, 0.25) is 0 Å². The van der Waals surface area contributed by atoms with Crippen LogP contribution >= 0.6 is 0 Å². The highest BCUT2D eigenvalue weighted by molar-refractivity contribution is 5.50. The van der Waals surface area contributed by atoms with Gasteiger partial charge in [-0.25, -0.2) is 0 Å². The largest absolute Gasteiger partial charge is 0.366 e. The van der Waals surface area contributed by atoms with E-state index in [0.717, 1.165) is 0 Å². The molecule has 3 aliphatic carbocycles. The first-order valence-electron chi connectivity index (χ1n) is 6.50. The minimum Gasteiger partial charge on any atom is -0.366 e. The van der Waals surface area contributed by atoms with Gasteiger partial charge in [-0.05, 0) is 25.3 Å². The van der Waals surface area contributed by atoms with Gasteiger partial charge in [0.2, 0.25) is 0 Å². The first-order chi connectivity index (χ1) is 7.87. The van der Waals surface area contributed by atoms with Gasteiger partial charge in [0.1, 0.15) is 0 Å². The van der Waals surface area contributed by atoms with E-state index in [4.69, 9.17) is 4.74 Å². The first-order valence-corrected chi connectivity index (χ1v) is 6.50. The average molecular weight is 213 g/mol. The maximum absolute atomic E-state index is 6.40. The molecule has 2 saturated carbocycles. The minimum absolute atomic E-state index is 0.233. The number of aromatic nitrogens is 1. The van der Waals surface area contributed by atoms with Crippen LogP contribution in [0.25, 0.3) is 0 Å². The molecule has 0 unspecified atom stereocenters. The van der Waals surface area contributed by atoms with Crippen molar-refractivity contribution in [2.45, 2.75) is 49.7 Å². The van der Waals surface area contributed by atoms with Crippen LogP contribution in [0.3, 0.4) is 0 Å². The number of ether oxygens (including phenoxy) is 1. The molecule has 5 aliphatic rings. The van der Waals surface area contributed by atoms with Crippen molar-refractivity contribution in [3.63, 3.8) is 0 Å². The number of nitrogens with zero attached hydrogens (tertiary/aromatic N) is 1. The number of hydrogen-bond donors (Lipinski definition) is 0. The fraction of sp³-hybridized carbons (Fsp3) is 0.643. The molecule has 0 aromatic carbocycles. The summed E-state index contributed by atoms with van der Waals surface area (Å²) in [7, 11) is 0. The lowest BCUT2D eigenvalue weighted by molar-refractivity contribution is -0.0248. The molecule has 0 amide bonds. The Hall–Kier alpha value is -0.890. The summed E-state index contributed by atoms with van der Waals surface area (Å²) in [6.07, 6.45) is 9.01. The van der Waals surface area contributed by atoms with E-state index in [1.807, 2.05) is 6.20 Å². The van der Waals surface area contributed by atoms with Gasteiger partial charge in [-0.15, -0.1) is 0 Å². The SMILES string of the molecule is c1cnc2c(c1)[C@@H]1C[C@@]34CCCC[C@]3(O1)[C@@H]24. The summed E-state index contributed by atoms with van der Waals surface area (Å²) in [5.74, 6) is 0.642. The summed E-state index contributed by atoms with van der Waals surface area (Å²) in [5.41, 5.74) is 3.51. The van der Waals surface area contributed by atoms with Gasteiger partial charge < -0.3 is 4.74 Å². The maximum atomic E-state index is 6.40. The fourth-order valence-corrected chi connectivity index (χ4v) is 5.07. The summed E-state index contributed by atoms with van der Waals surface area (Å²) in [4.78, 5) is 4.66. The van der Waals surface area contributed by atoms with Gasteiger partial charge in [0, 0.05) is 23.1 Å². The normalized spacial score (nSPS) is 50.8. The highest BCUT2D eigenvalue weighted by Crippen LogP contribution is 2.85. The van der Waals surface area contributed by atoms with Gasteiger partial charge in [-0.2, -0.15) is 0 Å². The van der Waals surface area contributed by atoms with E-state index in [-0.39, 0.29) is 5.60 Å². The Morgan fingerprint density at radius 1 is 1.31 bits per heavy atom. The third-order valence-corrected chi connectivity index (χ3v) is 5.59. The molecule has 1 aromatic rings. The highest BCUT2D eigenvalue weighted by atomic mass is 16.5. The second kappa shape index (κ2) is 2.21. The summed E-state index contributed by atoms with van der Waals surface area (Å²) in [6, 6.07) is 4.27. The second-order valence-electron chi connectivity index (χ2n) is 5.97. The summed E-state index contributed by atoms with van der Waals surface area (Å²) in [5, 5.41) is 0. The lowest BCUT2D eigenvalue weighted by atomic mass is 9.80. The Labute approximate surface area is 95.0 Å². The number of rotatable bonds is 0. The predicted octanol–water partition coefficient (Wildman–Crippen LogP) is 2.95. The minimum atomic E-state index is 0.233. The molecule has 2 spiro atoms. The smallest absolute Gasteiger partial charge is 0.0857 e. The first kappa shape index (κ1) is 8.24. The van der Waals surface area contributed by atoms with Crippen LogP contribution in [0.5, 0.6) is 0 Å². The topological polar surface area (TPSA) is 22.1 Å². The summed E-state index contributed by atoms with van der Waals surface area (Å²) >= 11 is 0. The Balaban J connectivity index is 1.77. The zero-order valence-electron chi connectivity index (χ0n) is 9.28. The molecule has 16 heavy (non-hydrogen) atoms. The molecule has 3 fully saturated rings. The molecule has 1 aromatic heterocycles. The molecule has 4 atom stereocenters. The van der Waals surface area contributed by atoms with Gasteiger partial charge in [0.15, 0.2) is 0 Å². The van der Waals surface area contributed by atoms with E-state index >= 15 is 0 Å². The number of hydrogen-bond acceptors (Lipinski definition) is 2. The summed E-state index contributed by atoms with van der Waals surface area (Å²) < 4.78 is 6.40. The number of pyridine rings is 1. The van der Waals surface area contributed by atoms with Crippen molar-refractivity contribution in [2.75, 3.05) is 0 Å². The summed E-state index contributed by atoms with van der Waals surface area (Å²) in [6.45, 7) is 0. The Morgan fingerprint density at radius 2 is 2.25 bits per heavy atom. The molecule has 3 heterocycles. The van der Waals surface area contributed by atoms with Crippen LogP contribution in [0, 0.1) is 5.41 Å². The van der Waals surface area contributed by atoms with Gasteiger partial charge >= 0.3 is 0 Å². The third kappa shape index (κ3) is 0.611. The molecule has 0 radical (unpaired) electrons. The van der Waals surface area contributed by atoms with E-state index in [0.29, 0.717) is 17.4 Å². The fourth-order valence-electron chi connectivity index (χ4n) is 5.07. The van der Waals surface area contributed by atoms with E-state index in [9.17, 15) is 0 Å². The quantitative estimate of drug-likeness (QED) is 0.661. The molecule has 82 valence electrons. The molecule has 2 aliphatic heterocycles. The second-order valence-corrected chi connectivity index (χ2v) is 5.97. The molecule has 2 nitrogen and oxygen atoms in total. The Bertz CT molecular complexity index is 477. The Morgan fingerprint density at radius 3 is 3.19 bits per heavy atom. The van der Waals surface area contributed by atoms with Gasteiger partial charge in [-0.3, -0.25) is 4.98 Å². The van der Waals surface area contributed by atoms with Crippen molar-refractivity contribution in [1.29, 1.82) is 0 Å². The monoisotopic (exact) mass is 213 g/mol. The van der Waals surface area contributed by atoms with Crippen molar-refractivity contribution in [1.82, 2.24) is 4.98 Å². The highest BCUT2D eigenvalue weighted by Gasteiger charge is 2.85. The van der Waals surface area contributed by atoms with Crippen LogP contribution in [0.15, 0.2) is 18.3 Å². The van der Waals surface area contributed by atoms with Crippen LogP contribution in [-0.4, -0.2) is 10.6 Å². The zero-order chi connectivity index (χ0) is 10.4. The van der Waals surface area contributed by atoms with Crippen molar-refractivity contribution in [3.8, 4) is 0 Å². The molecule has 6 rings (SSSR count). The lowest BCUT2D eigenvalue weighted by Gasteiger charge is -2.29. The molecular weight excluding hydrogens is 198 g/mol. The standard InChI is InChI=1S/C14H15NO/c1-2-6-14-12-11-9(4-3-7-15-11)10(16-14)8-13(12,14)5-1/h3-4,7,10,12H,1-2,5-6,8H2/t10-,12-,13+,14-/m0/s1. The van der Waals surface area contributed by atoms with Crippen LogP contribution < -0.4 is 0 Å². The van der Waals surface area contributed by atoms with Gasteiger partial charge in [-0.1, -0.05) is 18.9 Å². The van der Waals surface area contributed by atoms with Crippen LogP contribution in [-0.2, 0) is 4.74 Å². The van der Waals surface area contributed by atoms with E-state index in [1.54, 1.807) is 0 Å². The Kier molecular flexibility index (Phi) is 1.14. The van der Waals surface area contributed by atoms with Gasteiger partial charge in [0.25, 0.3) is 0 Å². The lowest BCUT2D eigenvalue weighted by Crippen LogP contribution is -2.24. The van der Waals surface area contributed by atoms with Crippen molar-refractivity contribution in [2.24, 2.45) is 5.41 Å². The molecule has 4 bridgehead atoms. The van der Waals surface area contributed by atoms with E-state index in [1.165, 1.54) is 43.4 Å². The van der Waals surface area contributed by atoms with Gasteiger partial charge in [0.05, 0.1) is 17.4 Å².